The lowest BCUT2D eigenvalue weighted by Gasteiger charge is -2.06. The highest BCUT2D eigenvalue weighted by Gasteiger charge is 2.01. The highest BCUT2D eigenvalue weighted by Crippen LogP contribution is 2.25. The third kappa shape index (κ3) is 1.95. The first kappa shape index (κ1) is 11.2. The largest absolute Gasteiger partial charge is 0.346 e. The zero-order chi connectivity index (χ0) is 12.5. The van der Waals surface area contributed by atoms with E-state index in [1.54, 1.807) is 0 Å². The maximum absolute atomic E-state index is 5.20. The summed E-state index contributed by atoms with van der Waals surface area (Å²) in [4.78, 5) is 3.22. The van der Waals surface area contributed by atoms with Crippen molar-refractivity contribution in [1.29, 1.82) is 0 Å². The van der Waals surface area contributed by atoms with E-state index in [4.69, 9.17) is 12.2 Å². The zero-order valence-electron chi connectivity index (χ0n) is 10.1. The topological polar surface area (TPSA) is 15.8 Å². The third-order valence-electron chi connectivity index (χ3n) is 3.16. The maximum Gasteiger partial charge on any atom is 0.103 e. The molecule has 0 bridgehead atoms. The van der Waals surface area contributed by atoms with E-state index in [-0.39, 0.29) is 0 Å². The second-order valence-corrected chi connectivity index (χ2v) is 4.88. The Morgan fingerprint density at radius 2 is 1.67 bits per heavy atom. The van der Waals surface area contributed by atoms with Gasteiger partial charge in [-0.3, -0.25) is 0 Å². The van der Waals surface area contributed by atoms with Crippen molar-refractivity contribution < 1.29 is 0 Å². The Kier molecular flexibility index (Phi) is 2.73. The average molecular weight is 251 g/mol. The van der Waals surface area contributed by atoms with Crippen LogP contribution in [-0.2, 0) is 0 Å². The number of rotatable bonds is 1. The molecule has 0 radical (unpaired) electrons. The summed E-state index contributed by atoms with van der Waals surface area (Å²) >= 11 is 5.20. The predicted octanol–water partition coefficient (Wildman–Crippen LogP) is 4.87. The van der Waals surface area contributed by atoms with Gasteiger partial charge in [0, 0.05) is 10.9 Å². The van der Waals surface area contributed by atoms with E-state index in [2.05, 4.69) is 54.4 Å². The van der Waals surface area contributed by atoms with Gasteiger partial charge in [-0.05, 0) is 41.8 Å². The molecule has 3 rings (SSSR count). The minimum absolute atomic E-state index is 0.785. The summed E-state index contributed by atoms with van der Waals surface area (Å²) in [6.07, 6.45) is 0. The summed E-state index contributed by atoms with van der Waals surface area (Å²) in [6.45, 7) is 2.10. The molecule has 0 saturated carbocycles. The Morgan fingerprint density at radius 1 is 0.889 bits per heavy atom. The minimum Gasteiger partial charge on any atom is -0.346 e. The fourth-order valence-electron chi connectivity index (χ4n) is 2.23. The van der Waals surface area contributed by atoms with E-state index >= 15 is 0 Å². The summed E-state index contributed by atoms with van der Waals surface area (Å²) < 4.78 is 0.785. The van der Waals surface area contributed by atoms with Gasteiger partial charge in [-0.1, -0.05) is 48.6 Å². The van der Waals surface area contributed by atoms with Gasteiger partial charge in [0.15, 0.2) is 0 Å². The standard InChI is InChI=1S/C16H13NS/c1-11-9-16(18)17-15-8-7-13(10-14(11)15)12-5-3-2-4-6-12/h2-10H,1H3,(H,17,18). The van der Waals surface area contributed by atoms with Gasteiger partial charge < -0.3 is 4.98 Å². The van der Waals surface area contributed by atoms with Gasteiger partial charge >= 0.3 is 0 Å². The predicted molar refractivity (Wildman–Crippen MR) is 79.3 cm³/mol. The summed E-state index contributed by atoms with van der Waals surface area (Å²) in [7, 11) is 0. The van der Waals surface area contributed by atoms with Gasteiger partial charge in [0.1, 0.15) is 4.64 Å². The van der Waals surface area contributed by atoms with Crippen LogP contribution < -0.4 is 0 Å². The van der Waals surface area contributed by atoms with Crippen LogP contribution in [0.15, 0.2) is 54.6 Å². The van der Waals surface area contributed by atoms with Crippen molar-refractivity contribution >= 4 is 23.1 Å². The van der Waals surface area contributed by atoms with Gasteiger partial charge in [0.25, 0.3) is 0 Å². The van der Waals surface area contributed by atoms with E-state index in [0.717, 1.165) is 10.2 Å². The van der Waals surface area contributed by atoms with Crippen molar-refractivity contribution in [3.8, 4) is 11.1 Å². The van der Waals surface area contributed by atoms with Crippen LogP contribution in [0.5, 0.6) is 0 Å². The van der Waals surface area contributed by atoms with Gasteiger partial charge in [-0.2, -0.15) is 0 Å². The Morgan fingerprint density at radius 3 is 2.44 bits per heavy atom. The number of hydrogen-bond acceptors (Lipinski definition) is 1. The van der Waals surface area contributed by atoms with Gasteiger partial charge in [-0.25, -0.2) is 0 Å². The zero-order valence-corrected chi connectivity index (χ0v) is 10.9. The van der Waals surface area contributed by atoms with Crippen LogP contribution >= 0.6 is 12.2 Å². The van der Waals surface area contributed by atoms with Crippen LogP contribution in [0.3, 0.4) is 0 Å². The molecule has 1 N–H and O–H groups in total. The van der Waals surface area contributed by atoms with Gasteiger partial charge in [0.05, 0.1) is 0 Å². The molecule has 0 amide bonds. The molecule has 0 aliphatic rings. The van der Waals surface area contributed by atoms with Crippen molar-refractivity contribution in [2.45, 2.75) is 6.92 Å². The third-order valence-corrected chi connectivity index (χ3v) is 3.38. The van der Waals surface area contributed by atoms with Crippen LogP contribution in [-0.4, -0.2) is 4.98 Å². The second-order valence-electron chi connectivity index (χ2n) is 4.44. The first-order valence-electron chi connectivity index (χ1n) is 5.93. The molecule has 0 aliphatic heterocycles. The number of aromatic amines is 1. The lowest BCUT2D eigenvalue weighted by Crippen LogP contribution is -1.85. The Balaban J connectivity index is 2.26. The van der Waals surface area contributed by atoms with Crippen LogP contribution in [0, 0.1) is 11.6 Å². The van der Waals surface area contributed by atoms with Crippen LogP contribution in [0.4, 0.5) is 0 Å². The Hall–Kier alpha value is -1.93. The number of aromatic nitrogens is 1. The van der Waals surface area contributed by atoms with Gasteiger partial charge in [0.2, 0.25) is 0 Å². The molecular formula is C16H13NS. The monoisotopic (exact) mass is 251 g/mol. The molecule has 0 spiro atoms. The maximum atomic E-state index is 5.20. The van der Waals surface area contributed by atoms with Crippen LogP contribution in [0.2, 0.25) is 0 Å². The molecule has 3 aromatic rings. The molecule has 0 aliphatic carbocycles. The normalized spacial score (nSPS) is 10.7. The van der Waals surface area contributed by atoms with Crippen molar-refractivity contribution in [2.24, 2.45) is 0 Å². The molecule has 0 unspecified atom stereocenters. The molecule has 2 heteroatoms. The molecular weight excluding hydrogens is 238 g/mol. The first-order valence-corrected chi connectivity index (χ1v) is 6.34. The smallest absolute Gasteiger partial charge is 0.103 e. The molecule has 2 aromatic carbocycles. The van der Waals surface area contributed by atoms with Crippen molar-refractivity contribution in [2.75, 3.05) is 0 Å². The minimum atomic E-state index is 0.785. The van der Waals surface area contributed by atoms with Crippen LogP contribution in [0.25, 0.3) is 22.0 Å². The van der Waals surface area contributed by atoms with E-state index < -0.39 is 0 Å². The SMILES string of the molecule is Cc1cc(=S)[nH]c2ccc(-c3ccccc3)cc12. The van der Waals surface area contributed by atoms with Crippen LogP contribution in [0.1, 0.15) is 5.56 Å². The molecule has 1 nitrogen and oxygen atoms in total. The molecule has 18 heavy (non-hydrogen) atoms. The quantitative estimate of drug-likeness (QED) is 0.610. The molecule has 0 fully saturated rings. The Labute approximate surface area is 111 Å². The van der Waals surface area contributed by atoms with E-state index in [9.17, 15) is 0 Å². The number of fused-ring (bicyclic) bond motifs is 1. The highest BCUT2D eigenvalue weighted by atomic mass is 32.1. The average Bonchev–Trinajstić information content (AvgIpc) is 2.39. The van der Waals surface area contributed by atoms with Gasteiger partial charge in [-0.15, -0.1) is 0 Å². The number of pyridine rings is 1. The molecule has 0 atom stereocenters. The molecule has 0 saturated heterocycles. The lowest BCUT2D eigenvalue weighted by molar-refractivity contribution is 1.34. The fourth-order valence-corrected chi connectivity index (χ4v) is 2.52. The highest BCUT2D eigenvalue weighted by molar-refractivity contribution is 7.71. The Bertz CT molecular complexity index is 757. The number of H-pyrrole nitrogens is 1. The van der Waals surface area contributed by atoms with E-state index in [1.807, 2.05) is 12.1 Å². The number of nitrogens with one attached hydrogen (secondary N) is 1. The lowest BCUT2D eigenvalue weighted by atomic mass is 10.0. The molecule has 1 aromatic heterocycles. The number of benzene rings is 2. The van der Waals surface area contributed by atoms with E-state index in [1.165, 1.54) is 22.1 Å². The van der Waals surface area contributed by atoms with Crippen molar-refractivity contribution in [3.63, 3.8) is 0 Å². The fraction of sp³-hybridized carbons (Fsp3) is 0.0625. The summed E-state index contributed by atoms with van der Waals surface area (Å²) in [5, 5.41) is 1.23. The first-order chi connectivity index (χ1) is 8.74. The summed E-state index contributed by atoms with van der Waals surface area (Å²) in [5.41, 5.74) is 4.78. The summed E-state index contributed by atoms with van der Waals surface area (Å²) in [5.74, 6) is 0. The second kappa shape index (κ2) is 4.39. The van der Waals surface area contributed by atoms with E-state index in [0.29, 0.717) is 0 Å². The summed E-state index contributed by atoms with van der Waals surface area (Å²) in [6, 6.07) is 18.9. The number of hydrogen-bond donors (Lipinski definition) is 1. The molecule has 88 valence electrons. The van der Waals surface area contributed by atoms with Crippen molar-refractivity contribution in [1.82, 2.24) is 4.98 Å². The molecule has 1 heterocycles. The van der Waals surface area contributed by atoms with Crippen molar-refractivity contribution in [3.05, 3.63) is 64.8 Å². The number of aryl methyl sites for hydroxylation is 1.